The highest BCUT2D eigenvalue weighted by molar-refractivity contribution is 5.68. The van der Waals surface area contributed by atoms with Crippen LogP contribution < -0.4 is 4.74 Å². The average Bonchev–Trinajstić information content (AvgIpc) is 3.05. The largest absolute Gasteiger partial charge is 0.494 e. The molecule has 26 heavy (non-hydrogen) atoms. The van der Waals surface area contributed by atoms with E-state index >= 15 is 0 Å². The van der Waals surface area contributed by atoms with Crippen molar-refractivity contribution in [3.05, 3.63) is 35.7 Å². The highest BCUT2D eigenvalue weighted by Gasteiger charge is 2.32. The minimum atomic E-state index is -4.43. The van der Waals surface area contributed by atoms with Gasteiger partial charge in [-0.15, -0.1) is 0 Å². The smallest absolute Gasteiger partial charge is 0.416 e. The number of benzene rings is 1. The molecular weight excluding hydrogens is 343 g/mol. The summed E-state index contributed by atoms with van der Waals surface area (Å²) in [6.07, 6.45) is 0.0272. The Morgan fingerprint density at radius 3 is 2.58 bits per heavy atom. The summed E-state index contributed by atoms with van der Waals surface area (Å²) >= 11 is 0. The topological polar surface area (TPSA) is 41.2 Å². The maximum atomic E-state index is 13.3. The van der Waals surface area contributed by atoms with Crippen molar-refractivity contribution >= 4 is 0 Å². The summed E-state index contributed by atoms with van der Waals surface area (Å²) in [5.74, 6) is 0.225. The molecular formula is C19H26F3N3O. The molecule has 0 fully saturated rings. The molecule has 1 aromatic carbocycles. The Hall–Kier alpha value is -2.02. The first kappa shape index (κ1) is 20.3. The quantitative estimate of drug-likeness (QED) is 0.667. The van der Waals surface area contributed by atoms with Crippen LogP contribution in [-0.2, 0) is 12.7 Å². The molecule has 0 saturated carbocycles. The molecule has 2 aromatic rings. The van der Waals surface area contributed by atoms with Crippen LogP contribution in [0.25, 0.3) is 11.1 Å². The Morgan fingerprint density at radius 2 is 1.92 bits per heavy atom. The Kier molecular flexibility index (Phi) is 7.08. The van der Waals surface area contributed by atoms with E-state index in [0.717, 1.165) is 43.6 Å². The maximum Gasteiger partial charge on any atom is 0.416 e. The molecule has 0 amide bonds. The molecule has 1 N–H and O–H groups in total. The molecule has 2 rings (SSSR count). The summed E-state index contributed by atoms with van der Waals surface area (Å²) in [7, 11) is 1.99. The predicted octanol–water partition coefficient (Wildman–Crippen LogP) is 5.12. The second-order valence-electron chi connectivity index (χ2n) is 6.45. The summed E-state index contributed by atoms with van der Waals surface area (Å²) < 4.78 is 45.3. The zero-order valence-electron chi connectivity index (χ0n) is 15.5. The number of aromatic nitrogens is 2. The van der Waals surface area contributed by atoms with Gasteiger partial charge in [0, 0.05) is 12.1 Å². The standard InChI is InChI=1S/C19H26F3N3O/c1-4-6-7-25(3)13-18-17(12-23-24-18)14-9-15(19(20,21)22)11-16(10-14)26-8-5-2/h9-12H,4-8,13H2,1-3H3,(H,23,24). The van der Waals surface area contributed by atoms with Crippen molar-refractivity contribution in [3.8, 4) is 16.9 Å². The van der Waals surface area contributed by atoms with Crippen molar-refractivity contribution in [2.24, 2.45) is 0 Å². The molecule has 0 saturated heterocycles. The number of hydrogen-bond donors (Lipinski definition) is 1. The molecule has 144 valence electrons. The van der Waals surface area contributed by atoms with Crippen LogP contribution in [0.5, 0.6) is 5.75 Å². The Balaban J connectivity index is 2.34. The molecule has 0 aliphatic heterocycles. The van der Waals surface area contributed by atoms with E-state index in [1.165, 1.54) is 0 Å². The number of rotatable bonds is 9. The van der Waals surface area contributed by atoms with Gasteiger partial charge in [0.05, 0.1) is 24.1 Å². The number of halogens is 3. The van der Waals surface area contributed by atoms with E-state index in [-0.39, 0.29) is 5.75 Å². The van der Waals surface area contributed by atoms with Gasteiger partial charge in [0.25, 0.3) is 0 Å². The first-order valence-electron chi connectivity index (χ1n) is 8.91. The van der Waals surface area contributed by atoms with E-state index in [9.17, 15) is 13.2 Å². The van der Waals surface area contributed by atoms with Gasteiger partial charge >= 0.3 is 6.18 Å². The van der Waals surface area contributed by atoms with Crippen LogP contribution in [-0.4, -0.2) is 35.3 Å². The van der Waals surface area contributed by atoms with Crippen molar-refractivity contribution in [2.75, 3.05) is 20.2 Å². The molecule has 0 aliphatic carbocycles. The van der Waals surface area contributed by atoms with Gasteiger partial charge in [0.1, 0.15) is 5.75 Å². The predicted molar refractivity (Wildman–Crippen MR) is 96.1 cm³/mol. The number of H-pyrrole nitrogens is 1. The van der Waals surface area contributed by atoms with Crippen LogP contribution >= 0.6 is 0 Å². The van der Waals surface area contributed by atoms with Gasteiger partial charge < -0.3 is 9.64 Å². The third-order valence-electron chi connectivity index (χ3n) is 4.06. The van der Waals surface area contributed by atoms with E-state index in [2.05, 4.69) is 22.0 Å². The molecule has 0 bridgehead atoms. The summed E-state index contributed by atoms with van der Waals surface area (Å²) in [6.45, 7) is 5.92. The van der Waals surface area contributed by atoms with Gasteiger partial charge in [-0.3, -0.25) is 5.10 Å². The number of nitrogens with zero attached hydrogens (tertiary/aromatic N) is 2. The summed E-state index contributed by atoms with van der Waals surface area (Å²) in [5, 5.41) is 6.96. The van der Waals surface area contributed by atoms with Gasteiger partial charge in [0.15, 0.2) is 0 Å². The first-order chi connectivity index (χ1) is 12.3. The van der Waals surface area contributed by atoms with Crippen molar-refractivity contribution < 1.29 is 17.9 Å². The lowest BCUT2D eigenvalue weighted by Crippen LogP contribution is -2.19. The minimum absolute atomic E-state index is 0.225. The van der Waals surface area contributed by atoms with Gasteiger partial charge in [-0.25, -0.2) is 0 Å². The lowest BCUT2D eigenvalue weighted by atomic mass is 10.0. The van der Waals surface area contributed by atoms with E-state index in [1.54, 1.807) is 12.3 Å². The lowest BCUT2D eigenvalue weighted by molar-refractivity contribution is -0.137. The number of hydrogen-bond acceptors (Lipinski definition) is 3. The summed E-state index contributed by atoms with van der Waals surface area (Å²) in [6, 6.07) is 3.84. The van der Waals surface area contributed by atoms with Crippen molar-refractivity contribution in [2.45, 2.75) is 45.8 Å². The molecule has 1 heterocycles. The number of nitrogens with one attached hydrogen (secondary N) is 1. The zero-order valence-corrected chi connectivity index (χ0v) is 15.5. The third kappa shape index (κ3) is 5.49. The highest BCUT2D eigenvalue weighted by Crippen LogP contribution is 2.36. The summed E-state index contributed by atoms with van der Waals surface area (Å²) in [5.41, 5.74) is 1.20. The zero-order chi connectivity index (χ0) is 19.2. The Morgan fingerprint density at radius 1 is 1.15 bits per heavy atom. The van der Waals surface area contributed by atoms with Gasteiger partial charge in [0.2, 0.25) is 0 Å². The number of alkyl halides is 3. The normalized spacial score (nSPS) is 12.0. The number of aromatic amines is 1. The van der Waals surface area contributed by atoms with Crippen molar-refractivity contribution in [1.29, 1.82) is 0 Å². The van der Waals surface area contributed by atoms with Crippen molar-refractivity contribution in [1.82, 2.24) is 15.1 Å². The maximum absolute atomic E-state index is 13.3. The number of ether oxygens (including phenoxy) is 1. The van der Waals surface area contributed by atoms with Crippen LogP contribution in [0, 0.1) is 0 Å². The molecule has 4 nitrogen and oxygen atoms in total. The number of unbranched alkanes of at least 4 members (excludes halogenated alkanes) is 1. The fraction of sp³-hybridized carbons (Fsp3) is 0.526. The lowest BCUT2D eigenvalue weighted by Gasteiger charge is -2.17. The molecule has 1 aromatic heterocycles. The molecule has 0 radical (unpaired) electrons. The SMILES string of the molecule is CCCCN(C)Cc1[nH]ncc1-c1cc(OCCC)cc(C(F)(F)F)c1. The van der Waals surface area contributed by atoms with Gasteiger partial charge in [-0.05, 0) is 50.2 Å². The molecule has 0 unspecified atom stereocenters. The summed E-state index contributed by atoms with van der Waals surface area (Å²) in [4.78, 5) is 2.13. The molecule has 0 aliphatic rings. The average molecular weight is 369 g/mol. The fourth-order valence-corrected chi connectivity index (χ4v) is 2.68. The Bertz CT molecular complexity index is 698. The van der Waals surface area contributed by atoms with E-state index in [0.29, 0.717) is 24.3 Å². The van der Waals surface area contributed by atoms with Gasteiger partial charge in [-0.2, -0.15) is 18.3 Å². The second kappa shape index (κ2) is 9.07. The minimum Gasteiger partial charge on any atom is -0.494 e. The van der Waals surface area contributed by atoms with Crippen molar-refractivity contribution in [3.63, 3.8) is 0 Å². The van der Waals surface area contributed by atoms with E-state index in [4.69, 9.17) is 4.74 Å². The third-order valence-corrected chi connectivity index (χ3v) is 4.06. The molecule has 7 heteroatoms. The first-order valence-corrected chi connectivity index (χ1v) is 8.91. The molecule has 0 atom stereocenters. The van der Waals surface area contributed by atoms with E-state index in [1.807, 2.05) is 14.0 Å². The van der Waals surface area contributed by atoms with Crippen LogP contribution in [0.1, 0.15) is 44.4 Å². The molecule has 0 spiro atoms. The van der Waals surface area contributed by atoms with Gasteiger partial charge in [-0.1, -0.05) is 20.3 Å². The Labute approximate surface area is 152 Å². The fourth-order valence-electron chi connectivity index (χ4n) is 2.68. The van der Waals surface area contributed by atoms with Crippen LogP contribution in [0.3, 0.4) is 0 Å². The van der Waals surface area contributed by atoms with Crippen LogP contribution in [0.4, 0.5) is 13.2 Å². The highest BCUT2D eigenvalue weighted by atomic mass is 19.4. The van der Waals surface area contributed by atoms with Crippen LogP contribution in [0.2, 0.25) is 0 Å². The second-order valence-corrected chi connectivity index (χ2v) is 6.45. The van der Waals surface area contributed by atoms with E-state index < -0.39 is 11.7 Å². The monoisotopic (exact) mass is 369 g/mol. The van der Waals surface area contributed by atoms with Crippen LogP contribution in [0.15, 0.2) is 24.4 Å².